The van der Waals surface area contributed by atoms with Gasteiger partial charge < -0.3 is 15.2 Å². The summed E-state index contributed by atoms with van der Waals surface area (Å²) in [6, 6.07) is 21.3. The first-order valence-electron chi connectivity index (χ1n) is 10.2. The number of carbonyl (C=O) groups excluding carboxylic acids is 2. The minimum absolute atomic E-state index is 0.00534. The molecule has 0 bridgehead atoms. The predicted octanol–water partition coefficient (Wildman–Crippen LogP) is 4.64. The molecule has 3 aromatic rings. The fraction of sp³-hybridized carbons (Fsp3) is 0.0385. The lowest BCUT2D eigenvalue weighted by Crippen LogP contribution is -2.32. The Kier molecular flexibility index (Phi) is 8.76. The molecule has 0 aliphatic carbocycles. The van der Waals surface area contributed by atoms with Gasteiger partial charge in [0.25, 0.3) is 11.8 Å². The van der Waals surface area contributed by atoms with E-state index in [1.54, 1.807) is 54.6 Å². The number of phenols is 1. The van der Waals surface area contributed by atoms with Crippen LogP contribution in [-0.2, 0) is 4.79 Å². The highest BCUT2D eigenvalue weighted by Gasteiger charge is 2.14. The molecule has 0 aliphatic rings. The van der Waals surface area contributed by atoms with Crippen molar-refractivity contribution in [1.82, 2.24) is 10.7 Å². The zero-order valence-electron chi connectivity index (χ0n) is 18.2. The number of halogens is 1. The monoisotopic (exact) mass is 519 g/mol. The number of carbonyl (C=O) groups is 2. The van der Waals surface area contributed by atoms with E-state index in [1.807, 2.05) is 30.3 Å². The number of hydrazone groups is 1. The molecular formula is C26H22BrN3O4. The Balaban J connectivity index is 1.79. The second kappa shape index (κ2) is 12.2. The molecule has 2 amide bonds. The second-order valence-corrected chi connectivity index (χ2v) is 7.83. The van der Waals surface area contributed by atoms with Gasteiger partial charge in [-0.1, -0.05) is 76.6 Å². The van der Waals surface area contributed by atoms with Crippen LogP contribution >= 0.6 is 15.9 Å². The Morgan fingerprint density at radius 3 is 2.38 bits per heavy atom. The fourth-order valence-corrected chi connectivity index (χ4v) is 3.30. The zero-order valence-corrected chi connectivity index (χ0v) is 19.8. The summed E-state index contributed by atoms with van der Waals surface area (Å²) < 4.78 is 5.77. The van der Waals surface area contributed by atoms with Gasteiger partial charge in [0.1, 0.15) is 5.70 Å². The molecule has 0 atom stereocenters. The summed E-state index contributed by atoms with van der Waals surface area (Å²) in [6.07, 6.45) is 6.22. The number of nitrogens with one attached hydrogen (secondary N) is 2. The lowest BCUT2D eigenvalue weighted by atomic mass is 10.2. The van der Waals surface area contributed by atoms with Gasteiger partial charge in [-0.2, -0.15) is 5.10 Å². The molecule has 0 saturated heterocycles. The van der Waals surface area contributed by atoms with Crippen LogP contribution in [0.1, 0.15) is 21.5 Å². The highest BCUT2D eigenvalue weighted by Crippen LogP contribution is 2.32. The molecule has 0 unspecified atom stereocenters. The Morgan fingerprint density at radius 1 is 1.03 bits per heavy atom. The second-order valence-electron chi connectivity index (χ2n) is 6.92. The van der Waals surface area contributed by atoms with Crippen LogP contribution in [0.4, 0.5) is 0 Å². The standard InChI is InChI=1S/C26H22BrN3O4/c1-34-23-16-21(27)15-20(24(23)31)17-28-30-26(33)22(14-8-11-18-9-4-2-5-10-18)29-25(32)19-12-6-3-7-13-19/h2-17,31H,1H3,(H,29,32)(H,30,33)/b11-8?,22-14?,28-17+. The molecular weight excluding hydrogens is 498 g/mol. The van der Waals surface area contributed by atoms with Crippen LogP contribution in [0.3, 0.4) is 0 Å². The lowest BCUT2D eigenvalue weighted by Gasteiger charge is -2.09. The predicted molar refractivity (Wildman–Crippen MR) is 136 cm³/mol. The van der Waals surface area contributed by atoms with Gasteiger partial charge in [-0.05, 0) is 35.9 Å². The number of hydrogen-bond donors (Lipinski definition) is 3. The van der Waals surface area contributed by atoms with E-state index in [-0.39, 0.29) is 17.2 Å². The maximum Gasteiger partial charge on any atom is 0.287 e. The molecule has 0 spiro atoms. The highest BCUT2D eigenvalue weighted by atomic mass is 79.9. The number of benzene rings is 3. The highest BCUT2D eigenvalue weighted by molar-refractivity contribution is 9.10. The minimum Gasteiger partial charge on any atom is -0.504 e. The number of nitrogens with zero attached hydrogens (tertiary/aromatic N) is 1. The minimum atomic E-state index is -0.639. The van der Waals surface area contributed by atoms with E-state index >= 15 is 0 Å². The van der Waals surface area contributed by atoms with E-state index in [0.717, 1.165) is 5.56 Å². The molecule has 3 rings (SSSR count). The molecule has 0 fully saturated rings. The summed E-state index contributed by atoms with van der Waals surface area (Å²) in [5.41, 5.74) is 4.03. The fourth-order valence-electron chi connectivity index (χ4n) is 2.85. The van der Waals surface area contributed by atoms with Crippen molar-refractivity contribution >= 4 is 40.0 Å². The molecule has 0 radical (unpaired) electrons. The SMILES string of the molecule is COc1cc(Br)cc(/C=N/NC(=O)C(=CC=Cc2ccccc2)NC(=O)c2ccccc2)c1O. The van der Waals surface area contributed by atoms with E-state index in [9.17, 15) is 14.7 Å². The van der Waals surface area contributed by atoms with Crippen molar-refractivity contribution in [3.05, 3.63) is 112 Å². The van der Waals surface area contributed by atoms with Crippen molar-refractivity contribution < 1.29 is 19.4 Å². The number of amides is 2. The van der Waals surface area contributed by atoms with Crippen molar-refractivity contribution in [2.45, 2.75) is 0 Å². The smallest absolute Gasteiger partial charge is 0.287 e. The van der Waals surface area contributed by atoms with E-state index in [0.29, 0.717) is 15.6 Å². The van der Waals surface area contributed by atoms with Crippen LogP contribution in [0.2, 0.25) is 0 Å². The first-order chi connectivity index (χ1) is 16.5. The van der Waals surface area contributed by atoms with Gasteiger partial charge in [-0.15, -0.1) is 0 Å². The zero-order chi connectivity index (χ0) is 24.3. The van der Waals surface area contributed by atoms with Crippen molar-refractivity contribution in [2.24, 2.45) is 5.10 Å². The first kappa shape index (κ1) is 24.5. The topological polar surface area (TPSA) is 100 Å². The summed E-state index contributed by atoms with van der Waals surface area (Å²) in [4.78, 5) is 25.4. The number of ether oxygens (including phenoxy) is 1. The van der Waals surface area contributed by atoms with Crippen molar-refractivity contribution in [3.63, 3.8) is 0 Å². The quantitative estimate of drug-likeness (QED) is 0.174. The maximum atomic E-state index is 12.8. The van der Waals surface area contributed by atoms with Crippen LogP contribution in [-0.4, -0.2) is 30.2 Å². The van der Waals surface area contributed by atoms with E-state index in [4.69, 9.17) is 4.74 Å². The number of methoxy groups -OCH3 is 1. The Hall–Kier alpha value is -4.17. The van der Waals surface area contributed by atoms with Crippen LogP contribution in [0, 0.1) is 0 Å². The Bertz CT molecular complexity index is 1240. The normalized spacial score (nSPS) is 11.5. The molecule has 0 aromatic heterocycles. The molecule has 0 heterocycles. The van der Waals surface area contributed by atoms with Gasteiger partial charge in [0.2, 0.25) is 0 Å². The Labute approximate surface area is 205 Å². The number of hydrogen-bond acceptors (Lipinski definition) is 5. The van der Waals surface area contributed by atoms with E-state index < -0.39 is 11.8 Å². The molecule has 8 heteroatoms. The average Bonchev–Trinajstić information content (AvgIpc) is 2.86. The first-order valence-corrected chi connectivity index (χ1v) is 11.0. The third-order valence-corrected chi connectivity index (χ3v) is 5.00. The molecule has 34 heavy (non-hydrogen) atoms. The van der Waals surface area contributed by atoms with Gasteiger partial charge in [0.05, 0.1) is 13.3 Å². The summed E-state index contributed by atoms with van der Waals surface area (Å²) in [7, 11) is 1.43. The molecule has 0 aliphatic heterocycles. The molecule has 3 N–H and O–H groups in total. The number of allylic oxidation sites excluding steroid dienone is 2. The van der Waals surface area contributed by atoms with Crippen LogP contribution < -0.4 is 15.5 Å². The number of aromatic hydroxyl groups is 1. The number of phenolic OH excluding ortho intramolecular Hbond substituents is 1. The van der Waals surface area contributed by atoms with Gasteiger partial charge in [-0.3, -0.25) is 9.59 Å². The van der Waals surface area contributed by atoms with Crippen molar-refractivity contribution in [1.29, 1.82) is 0 Å². The van der Waals surface area contributed by atoms with Crippen LogP contribution in [0.25, 0.3) is 6.08 Å². The lowest BCUT2D eigenvalue weighted by molar-refractivity contribution is -0.117. The average molecular weight is 520 g/mol. The third kappa shape index (κ3) is 6.91. The van der Waals surface area contributed by atoms with Gasteiger partial charge >= 0.3 is 0 Å². The Morgan fingerprint density at radius 2 is 1.71 bits per heavy atom. The summed E-state index contributed by atoms with van der Waals surface area (Å²) in [6.45, 7) is 0. The van der Waals surface area contributed by atoms with Gasteiger partial charge in [0, 0.05) is 15.6 Å². The molecule has 0 saturated carbocycles. The van der Waals surface area contributed by atoms with Crippen molar-refractivity contribution in [3.8, 4) is 11.5 Å². The van der Waals surface area contributed by atoms with Crippen LogP contribution in [0.5, 0.6) is 11.5 Å². The van der Waals surface area contributed by atoms with Gasteiger partial charge in [0.15, 0.2) is 11.5 Å². The summed E-state index contributed by atoms with van der Waals surface area (Å²) in [5.74, 6) is -0.945. The van der Waals surface area contributed by atoms with Crippen LogP contribution in [0.15, 0.2) is 100 Å². The van der Waals surface area contributed by atoms with Crippen molar-refractivity contribution in [2.75, 3.05) is 7.11 Å². The maximum absolute atomic E-state index is 12.8. The molecule has 7 nitrogen and oxygen atoms in total. The van der Waals surface area contributed by atoms with Gasteiger partial charge in [-0.25, -0.2) is 5.43 Å². The van der Waals surface area contributed by atoms with E-state index in [1.165, 1.54) is 19.4 Å². The molecule has 172 valence electrons. The summed E-state index contributed by atoms with van der Waals surface area (Å²) in [5, 5.41) is 16.8. The van der Waals surface area contributed by atoms with E-state index in [2.05, 4.69) is 31.8 Å². The molecule has 3 aromatic carbocycles. The number of rotatable bonds is 8. The summed E-state index contributed by atoms with van der Waals surface area (Å²) >= 11 is 3.32. The largest absolute Gasteiger partial charge is 0.504 e. The third-order valence-electron chi connectivity index (χ3n) is 4.54.